The van der Waals surface area contributed by atoms with Crippen molar-refractivity contribution in [1.82, 2.24) is 5.32 Å². The minimum Gasteiger partial charge on any atom is -0.348 e. The summed E-state index contributed by atoms with van der Waals surface area (Å²) in [6, 6.07) is 10.2. The van der Waals surface area contributed by atoms with Crippen molar-refractivity contribution in [2.75, 3.05) is 17.1 Å². The maximum atomic E-state index is 12.5. The summed E-state index contributed by atoms with van der Waals surface area (Å²) in [6.45, 7) is 5.46. The molecule has 2 rings (SSSR count). The molecule has 0 saturated carbocycles. The Morgan fingerprint density at radius 2 is 1.78 bits per heavy atom. The second kappa shape index (κ2) is 8.50. The maximum Gasteiger partial charge on any atom is 0.241 e. The second-order valence-corrected chi connectivity index (χ2v) is 9.24. The maximum absolute atomic E-state index is 12.5. The zero-order valence-electron chi connectivity index (χ0n) is 15.6. The molecule has 1 amide bonds. The van der Waals surface area contributed by atoms with Gasteiger partial charge in [0.1, 0.15) is 6.54 Å². The highest BCUT2D eigenvalue weighted by molar-refractivity contribution is 7.92. The van der Waals surface area contributed by atoms with E-state index in [4.69, 9.17) is 23.2 Å². The molecule has 0 radical (unpaired) electrons. The highest BCUT2D eigenvalue weighted by Gasteiger charge is 2.23. The number of nitrogens with one attached hydrogen (secondary N) is 1. The van der Waals surface area contributed by atoms with Crippen LogP contribution < -0.4 is 9.62 Å². The van der Waals surface area contributed by atoms with Crippen LogP contribution in [-0.2, 0) is 14.8 Å². The zero-order valence-corrected chi connectivity index (χ0v) is 17.9. The van der Waals surface area contributed by atoms with Gasteiger partial charge in [0.25, 0.3) is 0 Å². The number of nitrogens with zero attached hydrogens (tertiary/aromatic N) is 1. The minimum absolute atomic E-state index is 0.215. The Balaban J connectivity index is 2.21. The van der Waals surface area contributed by atoms with Crippen LogP contribution in [0.1, 0.15) is 29.7 Å². The number of halogens is 2. The summed E-state index contributed by atoms with van der Waals surface area (Å²) in [4.78, 5) is 12.5. The standard InChI is InChI=1S/C19H22Cl2N2O3S/c1-12-5-6-13(2)16(9-12)14(3)22-19(24)11-23(27(4,25)26)15-7-8-17(20)18(21)10-15/h5-10,14H,11H2,1-4H3,(H,22,24)/t14-/m0/s1. The van der Waals surface area contributed by atoms with Crippen LogP contribution in [0.4, 0.5) is 5.69 Å². The average molecular weight is 429 g/mol. The predicted octanol–water partition coefficient (Wildman–Crippen LogP) is 4.25. The first-order chi connectivity index (χ1) is 12.5. The van der Waals surface area contributed by atoms with Gasteiger partial charge in [0.2, 0.25) is 15.9 Å². The molecule has 0 unspecified atom stereocenters. The lowest BCUT2D eigenvalue weighted by atomic mass is 10.00. The minimum atomic E-state index is -3.69. The van der Waals surface area contributed by atoms with E-state index in [1.165, 1.54) is 18.2 Å². The van der Waals surface area contributed by atoms with Gasteiger partial charge < -0.3 is 5.32 Å². The molecule has 2 aromatic rings. The molecule has 1 N–H and O–H groups in total. The van der Waals surface area contributed by atoms with Crippen LogP contribution in [0.5, 0.6) is 0 Å². The van der Waals surface area contributed by atoms with Crippen LogP contribution in [0.15, 0.2) is 36.4 Å². The first-order valence-corrected chi connectivity index (χ1v) is 10.9. The van der Waals surface area contributed by atoms with E-state index < -0.39 is 15.9 Å². The van der Waals surface area contributed by atoms with Gasteiger partial charge in [-0.2, -0.15) is 0 Å². The summed E-state index contributed by atoms with van der Waals surface area (Å²) in [7, 11) is -3.69. The SMILES string of the molecule is Cc1ccc(C)c([C@H](C)NC(=O)CN(c2ccc(Cl)c(Cl)c2)S(C)(=O)=O)c1. The van der Waals surface area contributed by atoms with Crippen molar-refractivity contribution in [2.24, 2.45) is 0 Å². The van der Waals surface area contributed by atoms with Crippen LogP contribution in [0, 0.1) is 13.8 Å². The second-order valence-electron chi connectivity index (χ2n) is 6.52. The van der Waals surface area contributed by atoms with Crippen LogP contribution in [0.25, 0.3) is 0 Å². The zero-order chi connectivity index (χ0) is 20.4. The molecule has 1 atom stereocenters. The number of carbonyl (C=O) groups excluding carboxylic acids is 1. The summed E-state index contributed by atoms with van der Waals surface area (Å²) < 4.78 is 25.4. The molecular formula is C19H22Cl2N2O3S. The van der Waals surface area contributed by atoms with E-state index in [1.807, 2.05) is 39.0 Å². The van der Waals surface area contributed by atoms with Gasteiger partial charge in [0, 0.05) is 0 Å². The van der Waals surface area contributed by atoms with Crippen LogP contribution >= 0.6 is 23.2 Å². The van der Waals surface area contributed by atoms with Gasteiger partial charge in [-0.1, -0.05) is 47.0 Å². The van der Waals surface area contributed by atoms with Gasteiger partial charge in [0.05, 0.1) is 28.0 Å². The van der Waals surface area contributed by atoms with Crippen LogP contribution in [-0.4, -0.2) is 27.1 Å². The number of anilines is 1. The first kappa shape index (κ1) is 21.5. The normalized spacial score (nSPS) is 12.5. The fourth-order valence-corrected chi connectivity index (χ4v) is 3.90. The van der Waals surface area contributed by atoms with E-state index >= 15 is 0 Å². The Labute approximate surface area is 170 Å². The topological polar surface area (TPSA) is 66.5 Å². The van der Waals surface area contributed by atoms with E-state index in [2.05, 4.69) is 5.32 Å². The number of aryl methyl sites for hydroxylation is 2. The van der Waals surface area contributed by atoms with Crippen molar-refractivity contribution >= 4 is 44.8 Å². The van der Waals surface area contributed by atoms with E-state index in [1.54, 1.807) is 0 Å². The number of hydrogen-bond donors (Lipinski definition) is 1. The monoisotopic (exact) mass is 428 g/mol. The van der Waals surface area contributed by atoms with Gasteiger partial charge in [-0.25, -0.2) is 8.42 Å². The van der Waals surface area contributed by atoms with Crippen molar-refractivity contribution in [3.8, 4) is 0 Å². The largest absolute Gasteiger partial charge is 0.348 e. The molecule has 146 valence electrons. The highest BCUT2D eigenvalue weighted by atomic mass is 35.5. The third-order valence-corrected chi connectivity index (χ3v) is 6.04. The highest BCUT2D eigenvalue weighted by Crippen LogP contribution is 2.28. The molecule has 27 heavy (non-hydrogen) atoms. The molecule has 8 heteroatoms. The van der Waals surface area contributed by atoms with Crippen molar-refractivity contribution in [2.45, 2.75) is 26.8 Å². The molecule has 0 spiro atoms. The lowest BCUT2D eigenvalue weighted by Gasteiger charge is -2.24. The molecule has 0 bridgehead atoms. The van der Waals surface area contributed by atoms with Crippen molar-refractivity contribution < 1.29 is 13.2 Å². The molecule has 0 aliphatic carbocycles. The number of carbonyl (C=O) groups is 1. The number of hydrogen-bond acceptors (Lipinski definition) is 3. The molecule has 0 heterocycles. The Hall–Kier alpha value is -1.76. The Morgan fingerprint density at radius 3 is 2.37 bits per heavy atom. The van der Waals surface area contributed by atoms with Crippen LogP contribution in [0.3, 0.4) is 0 Å². The fraction of sp³-hybridized carbons (Fsp3) is 0.316. The first-order valence-electron chi connectivity index (χ1n) is 8.28. The molecule has 0 aliphatic rings. The molecule has 0 saturated heterocycles. The average Bonchev–Trinajstić information content (AvgIpc) is 2.56. The molecule has 0 fully saturated rings. The lowest BCUT2D eigenvalue weighted by Crippen LogP contribution is -2.41. The molecule has 0 aromatic heterocycles. The van der Waals surface area contributed by atoms with E-state index in [9.17, 15) is 13.2 Å². The van der Waals surface area contributed by atoms with E-state index in [0.29, 0.717) is 5.02 Å². The molecule has 5 nitrogen and oxygen atoms in total. The number of rotatable bonds is 6. The van der Waals surface area contributed by atoms with Gasteiger partial charge >= 0.3 is 0 Å². The van der Waals surface area contributed by atoms with Crippen molar-refractivity contribution in [3.63, 3.8) is 0 Å². The van der Waals surface area contributed by atoms with E-state index in [-0.39, 0.29) is 23.3 Å². The van der Waals surface area contributed by atoms with Gasteiger partial charge in [-0.3, -0.25) is 9.10 Å². The Kier molecular flexibility index (Phi) is 6.78. The number of amides is 1. The fourth-order valence-electron chi connectivity index (χ4n) is 2.76. The van der Waals surface area contributed by atoms with Gasteiger partial charge in [-0.15, -0.1) is 0 Å². The molecular weight excluding hydrogens is 407 g/mol. The quantitative estimate of drug-likeness (QED) is 0.747. The number of benzene rings is 2. The molecule has 0 aliphatic heterocycles. The Bertz CT molecular complexity index is 961. The summed E-state index contributed by atoms with van der Waals surface area (Å²) in [5.74, 6) is -0.417. The van der Waals surface area contributed by atoms with Crippen molar-refractivity contribution in [1.29, 1.82) is 0 Å². The summed E-state index contributed by atoms with van der Waals surface area (Å²) >= 11 is 11.9. The molecule has 2 aromatic carbocycles. The third-order valence-electron chi connectivity index (χ3n) is 4.16. The third kappa shape index (κ3) is 5.61. The van der Waals surface area contributed by atoms with Crippen molar-refractivity contribution in [3.05, 3.63) is 63.1 Å². The number of sulfonamides is 1. The summed E-state index contributed by atoms with van der Waals surface area (Å²) in [5.41, 5.74) is 3.41. The van der Waals surface area contributed by atoms with E-state index in [0.717, 1.165) is 27.3 Å². The van der Waals surface area contributed by atoms with Gasteiger partial charge in [0.15, 0.2) is 0 Å². The smallest absolute Gasteiger partial charge is 0.241 e. The predicted molar refractivity (Wildman–Crippen MR) is 111 cm³/mol. The van der Waals surface area contributed by atoms with Crippen LogP contribution in [0.2, 0.25) is 10.0 Å². The summed E-state index contributed by atoms with van der Waals surface area (Å²) in [5, 5.41) is 3.38. The lowest BCUT2D eigenvalue weighted by molar-refractivity contribution is -0.120. The summed E-state index contributed by atoms with van der Waals surface area (Å²) in [6.07, 6.45) is 1.04. The Morgan fingerprint density at radius 1 is 1.11 bits per heavy atom. The van der Waals surface area contributed by atoms with Gasteiger partial charge in [-0.05, 0) is 50.1 Å².